The fraction of sp³-hybridized carbons (Fsp3) is 0.400. The van der Waals surface area contributed by atoms with Gasteiger partial charge in [0.25, 0.3) is 6.26 Å². The minimum atomic E-state index is -0.750. The SMILES string of the molecule is N#COCN=C=O.OCO.P.[2H]P(I)I.[CH3-].[U].[U].[U].[V]. The third kappa shape index (κ3) is 129. The second-order valence-electron chi connectivity index (χ2n) is 0.819. The van der Waals surface area contributed by atoms with Gasteiger partial charge in [-0.3, -0.25) is 0 Å². The van der Waals surface area contributed by atoms with Gasteiger partial charge in [-0.1, -0.05) is 0 Å². The maximum absolute atomic E-state index is 9.20. The number of nitrogens with zero attached hydrogens (tertiary/aromatic N) is 2. The maximum Gasteiger partial charge on any atom is 0.288 e. The van der Waals surface area contributed by atoms with Crippen molar-refractivity contribution in [3.05, 3.63) is 7.43 Å². The number of aliphatic hydroxyl groups excluding tert-OH is 1. The summed E-state index contributed by atoms with van der Waals surface area (Å²) in [6, 6.07) is 0. The van der Waals surface area contributed by atoms with Crippen LogP contribution in [0.3, 0.4) is 0 Å². The number of ether oxygens (including phenoxy) is 1. The first kappa shape index (κ1) is 49.5. The van der Waals surface area contributed by atoms with E-state index < -0.39 is 10.6 Å². The molecule has 2 N–H and O–H groups in total. The first-order valence-corrected chi connectivity index (χ1v) is 8.90. The van der Waals surface area contributed by atoms with Gasteiger partial charge in [-0.25, -0.2) is 4.79 Å². The summed E-state index contributed by atoms with van der Waals surface area (Å²) in [6.45, 7) is -0.972. The van der Waals surface area contributed by atoms with Gasteiger partial charge < -0.3 is 22.4 Å². The average molecular weight is 1250 g/mol. The van der Waals surface area contributed by atoms with Crippen LogP contribution in [-0.2, 0) is 28.1 Å². The Hall–Kier alpha value is 4.65. The van der Waals surface area contributed by atoms with Crippen LogP contribution in [0.1, 0.15) is 0 Å². The molecule has 0 fully saturated rings. The van der Waals surface area contributed by atoms with Crippen molar-refractivity contribution < 1.29 is 132 Å². The number of halogens is 2. The van der Waals surface area contributed by atoms with E-state index in [1.165, 1.54) is 12.3 Å². The Morgan fingerprint density at radius 1 is 1.37 bits per heavy atom. The zero-order chi connectivity index (χ0) is 11.8. The molecule has 0 aromatic rings. The van der Waals surface area contributed by atoms with Crippen LogP contribution in [0.15, 0.2) is 4.99 Å². The van der Waals surface area contributed by atoms with E-state index in [1.54, 1.807) is 0 Å². The number of hydrogen-bond acceptors (Lipinski definition) is 6. The summed E-state index contributed by atoms with van der Waals surface area (Å²) < 4.78 is 10.1. The number of nitriles is 1. The predicted molar refractivity (Wildman–Crippen MR) is 82.9 cm³/mol. The van der Waals surface area contributed by atoms with E-state index in [4.69, 9.17) is 16.8 Å². The van der Waals surface area contributed by atoms with Crippen LogP contribution in [-0.4, -0.2) is 31.1 Å². The molecule has 6 nitrogen and oxygen atoms in total. The molecule has 0 bridgehead atoms. The minimum Gasteiger partial charge on any atom is -0.403 e. The van der Waals surface area contributed by atoms with Crippen molar-refractivity contribution in [3.8, 4) is 6.26 Å². The summed E-state index contributed by atoms with van der Waals surface area (Å²) in [4.78, 5) is 12.1. The van der Waals surface area contributed by atoms with E-state index >= 15 is 0 Å². The molecule has 0 heterocycles. The summed E-state index contributed by atoms with van der Waals surface area (Å²) in [5.74, 6) is 0. The molecule has 19 heavy (non-hydrogen) atoms. The zero-order valence-corrected chi connectivity index (χ0v) is 30.4. The fourth-order valence-corrected chi connectivity index (χ4v) is 0.0875. The van der Waals surface area contributed by atoms with Gasteiger partial charge in [-0.2, -0.15) is 20.2 Å². The third-order valence-corrected chi connectivity index (χ3v) is 0.258. The first-order valence-electron chi connectivity index (χ1n) is 2.88. The summed E-state index contributed by atoms with van der Waals surface area (Å²) in [5.41, 5.74) is 0. The van der Waals surface area contributed by atoms with Crippen molar-refractivity contribution in [3.63, 3.8) is 0 Å². The quantitative estimate of drug-likeness (QED) is 0.0641. The molecule has 0 saturated carbocycles. The smallest absolute Gasteiger partial charge is 0.288 e. The van der Waals surface area contributed by atoms with E-state index in [2.05, 4.69) is 53.8 Å². The number of hydrogen-bond donors (Lipinski definition) is 2. The zero-order valence-electron chi connectivity index (χ0n) is 10.9. The monoisotopic (exact) mass is 1250 g/mol. The van der Waals surface area contributed by atoms with Crippen molar-refractivity contribution >= 4 is 63.9 Å². The number of aliphatic imine (C=N–C) groups is 1. The van der Waals surface area contributed by atoms with Crippen LogP contribution < -0.4 is 0 Å². The Labute approximate surface area is 229 Å². The summed E-state index contributed by atoms with van der Waals surface area (Å²) in [5, 5.41) is 21.9. The van der Waals surface area contributed by atoms with Gasteiger partial charge in [0.1, 0.15) is 6.79 Å². The molecule has 14 heteroatoms. The summed E-state index contributed by atoms with van der Waals surface area (Å²) >= 11 is 4.12. The van der Waals surface area contributed by atoms with Crippen LogP contribution in [0.2, 0.25) is 0 Å². The maximum atomic E-state index is 9.20. The molecular weight excluding hydrogens is 1230 g/mol. The van der Waals surface area contributed by atoms with Crippen molar-refractivity contribution in [2.24, 2.45) is 4.99 Å². The van der Waals surface area contributed by atoms with Gasteiger partial charge in [-0.15, -0.1) is 0 Å². The van der Waals surface area contributed by atoms with Gasteiger partial charge in [0.05, 0.1) is 1.28 Å². The number of rotatable bonds is 2. The van der Waals surface area contributed by atoms with Crippen LogP contribution >= 0.6 is 57.8 Å². The van der Waals surface area contributed by atoms with Crippen molar-refractivity contribution in [2.75, 3.05) is 13.5 Å². The topological polar surface area (TPSA) is 103 Å². The van der Waals surface area contributed by atoms with Crippen molar-refractivity contribution in [2.45, 2.75) is 0 Å². The molecule has 0 spiro atoms. The van der Waals surface area contributed by atoms with E-state index in [-0.39, 0.29) is 136 Å². The van der Waals surface area contributed by atoms with E-state index in [0.717, 1.165) is 0 Å². The Morgan fingerprint density at radius 2 is 1.63 bits per heavy atom. The molecule has 0 rings (SSSR count). The van der Waals surface area contributed by atoms with Gasteiger partial charge in [0.15, 0.2) is 0 Å². The van der Waals surface area contributed by atoms with E-state index in [0.29, 0.717) is 0 Å². The molecule has 0 aliphatic heterocycles. The molecule has 0 aromatic carbocycles. The van der Waals surface area contributed by atoms with Crippen LogP contribution in [0, 0.1) is 112 Å². The minimum absolute atomic E-state index is 0. The van der Waals surface area contributed by atoms with Crippen molar-refractivity contribution in [1.82, 2.24) is 0 Å². The Bertz CT molecular complexity index is 205. The van der Waals surface area contributed by atoms with Crippen LogP contribution in [0.25, 0.3) is 0 Å². The normalized spacial score (nSPS) is 4.95. The fourth-order valence-electron chi connectivity index (χ4n) is 0.0875. The van der Waals surface area contributed by atoms with Crippen LogP contribution in [0.4, 0.5) is 0 Å². The molecule has 1 radical (unpaired) electrons. The molecular formula is C5H13I2N2O4P2U3V-. The Balaban J connectivity index is -0.0000000120. The summed E-state index contributed by atoms with van der Waals surface area (Å²) in [6.07, 6.45) is 2.53. The molecule has 0 saturated heterocycles. The van der Waals surface area contributed by atoms with Crippen molar-refractivity contribution in [1.29, 1.82) is 6.54 Å². The van der Waals surface area contributed by atoms with E-state index in [9.17, 15) is 4.79 Å². The van der Waals surface area contributed by atoms with Crippen LogP contribution in [0.5, 0.6) is 0 Å². The van der Waals surface area contributed by atoms with Gasteiger partial charge in [-0.05, 0) is 44.1 Å². The summed E-state index contributed by atoms with van der Waals surface area (Å²) in [7, 11) is 0. The second kappa shape index (κ2) is 78.2. The molecule has 0 aliphatic rings. The number of isocyanates is 1. The molecule has 109 valence electrons. The first-order chi connectivity index (χ1) is 6.56. The molecule has 0 aromatic heterocycles. The van der Waals surface area contributed by atoms with Gasteiger partial charge in [0, 0.05) is 116 Å². The largest absolute Gasteiger partial charge is 0.403 e. The average Bonchev–Trinajstić information content (AvgIpc) is 2.06. The molecule has 1 unspecified atom stereocenters. The molecule has 1 atom stereocenters. The standard InChI is InChI=1S/C3H2N2O2.CH4O2.CH3.HI2P.H3P.3U.V/c4-1-7-3-5-2-6;2-1-3;;1-3-2;;;;;/h3H2;2-3H,1H2;1H3;3H;1H3;;;;/q;;-1;;;;;;/i;;;3D;;;;;. The predicted octanol–water partition coefficient (Wildman–Crippen LogP) is 1.58. The second-order valence-corrected chi connectivity index (χ2v) is 9.38. The third-order valence-electron chi connectivity index (χ3n) is 0.258. The number of aliphatic hydroxyl groups is 2. The molecule has 0 aliphatic carbocycles. The van der Waals surface area contributed by atoms with Gasteiger partial charge >= 0.3 is 0 Å². The van der Waals surface area contributed by atoms with E-state index in [1.807, 2.05) is 0 Å². The Morgan fingerprint density at radius 3 is 1.79 bits per heavy atom. The number of carbonyl (C=O) groups excluding carboxylic acids is 1. The Kier molecular flexibility index (Phi) is 204. The molecule has 0 amide bonds. The van der Waals surface area contributed by atoms with Gasteiger partial charge in [0.2, 0.25) is 12.8 Å².